The van der Waals surface area contributed by atoms with Crippen LogP contribution in [0.5, 0.6) is 0 Å². The summed E-state index contributed by atoms with van der Waals surface area (Å²) in [5, 5.41) is 17.0. The lowest BCUT2D eigenvalue weighted by Crippen LogP contribution is -2.33. The fraction of sp³-hybridized carbons (Fsp3) is 0.889. The first-order valence-electron chi connectivity index (χ1n) is 4.83. The van der Waals surface area contributed by atoms with Crippen molar-refractivity contribution in [1.29, 1.82) is 0 Å². The van der Waals surface area contributed by atoms with Crippen molar-refractivity contribution in [3.05, 3.63) is 0 Å². The number of carboxylic acid groups (broad SMARTS) is 1. The number of aliphatic hydroxyl groups is 1. The summed E-state index contributed by atoms with van der Waals surface area (Å²) in [6.07, 6.45) is 0.924. The molecule has 0 spiro atoms. The molecule has 0 heterocycles. The topological polar surface area (TPSA) is 70.0 Å². The van der Waals surface area contributed by atoms with E-state index in [1.54, 1.807) is 0 Å². The average Bonchev–Trinajstić information content (AvgIpc) is 2.12. The highest BCUT2D eigenvalue weighted by Gasteiger charge is 2.07. The molecule has 0 saturated carbocycles. The molecule has 0 radical (unpaired) electrons. The molecule has 0 aromatic carbocycles. The SMILES string of the molecule is CCCN(CCOCCO)CC(=O)O. The molecule has 2 N–H and O–H groups in total. The fourth-order valence-electron chi connectivity index (χ4n) is 1.14. The van der Waals surface area contributed by atoms with Crippen molar-refractivity contribution in [2.24, 2.45) is 0 Å². The van der Waals surface area contributed by atoms with Crippen LogP contribution < -0.4 is 0 Å². The molecule has 0 aliphatic heterocycles. The minimum absolute atomic E-state index is 0.00666. The van der Waals surface area contributed by atoms with Crippen molar-refractivity contribution in [2.45, 2.75) is 13.3 Å². The van der Waals surface area contributed by atoms with Gasteiger partial charge in [-0.3, -0.25) is 9.69 Å². The largest absolute Gasteiger partial charge is 0.480 e. The third-order valence-electron chi connectivity index (χ3n) is 1.69. The van der Waals surface area contributed by atoms with Crippen molar-refractivity contribution in [1.82, 2.24) is 4.90 Å². The van der Waals surface area contributed by atoms with E-state index in [1.807, 2.05) is 11.8 Å². The van der Waals surface area contributed by atoms with E-state index in [0.717, 1.165) is 13.0 Å². The highest BCUT2D eigenvalue weighted by Crippen LogP contribution is 1.91. The van der Waals surface area contributed by atoms with Crippen LogP contribution in [-0.2, 0) is 9.53 Å². The quantitative estimate of drug-likeness (QED) is 0.510. The van der Waals surface area contributed by atoms with E-state index in [0.29, 0.717) is 19.8 Å². The summed E-state index contributed by atoms with van der Waals surface area (Å²) in [5.41, 5.74) is 0. The Morgan fingerprint density at radius 1 is 1.36 bits per heavy atom. The molecular weight excluding hydrogens is 186 g/mol. The van der Waals surface area contributed by atoms with Crippen molar-refractivity contribution >= 4 is 5.97 Å². The van der Waals surface area contributed by atoms with Crippen molar-refractivity contribution < 1.29 is 19.7 Å². The zero-order chi connectivity index (χ0) is 10.8. The number of hydrogen-bond donors (Lipinski definition) is 2. The molecule has 0 aliphatic rings. The predicted octanol–water partition coefficient (Wildman–Crippen LogP) is -0.208. The highest BCUT2D eigenvalue weighted by atomic mass is 16.5. The van der Waals surface area contributed by atoms with Gasteiger partial charge in [-0.25, -0.2) is 0 Å². The lowest BCUT2D eigenvalue weighted by Gasteiger charge is -2.18. The van der Waals surface area contributed by atoms with E-state index in [2.05, 4.69) is 0 Å². The molecule has 5 heteroatoms. The Hall–Kier alpha value is -0.650. The molecule has 0 atom stereocenters. The number of rotatable bonds is 9. The Labute approximate surface area is 84.3 Å². The Balaban J connectivity index is 3.56. The molecule has 84 valence electrons. The summed E-state index contributed by atoms with van der Waals surface area (Å²) >= 11 is 0. The normalized spacial score (nSPS) is 10.8. The first-order chi connectivity index (χ1) is 6.70. The van der Waals surface area contributed by atoms with Crippen LogP contribution in [0.1, 0.15) is 13.3 Å². The highest BCUT2D eigenvalue weighted by molar-refractivity contribution is 5.69. The molecule has 0 unspecified atom stereocenters. The standard InChI is InChI=1S/C9H19NO4/c1-2-3-10(8-9(12)13)4-6-14-7-5-11/h11H,2-8H2,1H3,(H,12,13). The van der Waals surface area contributed by atoms with E-state index < -0.39 is 5.97 Å². The molecule has 0 aliphatic carbocycles. The Bertz CT molecular complexity index is 152. The molecule has 0 saturated heterocycles. The summed E-state index contributed by atoms with van der Waals surface area (Å²) in [5.74, 6) is -0.819. The summed E-state index contributed by atoms with van der Waals surface area (Å²) in [7, 11) is 0. The van der Waals surface area contributed by atoms with Gasteiger partial charge in [-0.15, -0.1) is 0 Å². The zero-order valence-corrected chi connectivity index (χ0v) is 8.61. The number of nitrogens with zero attached hydrogens (tertiary/aromatic N) is 1. The molecule has 5 nitrogen and oxygen atoms in total. The molecule has 0 amide bonds. The number of carbonyl (C=O) groups is 1. The van der Waals surface area contributed by atoms with Crippen LogP contribution in [0.2, 0.25) is 0 Å². The average molecular weight is 205 g/mol. The Morgan fingerprint density at radius 3 is 2.57 bits per heavy atom. The van der Waals surface area contributed by atoms with Crippen molar-refractivity contribution in [3.8, 4) is 0 Å². The zero-order valence-electron chi connectivity index (χ0n) is 8.61. The maximum absolute atomic E-state index is 10.5. The van der Waals surface area contributed by atoms with Gasteiger partial charge in [0.05, 0.1) is 26.4 Å². The second-order valence-electron chi connectivity index (χ2n) is 3.01. The summed E-state index contributed by atoms with van der Waals surface area (Å²) in [6.45, 7) is 4.20. The van der Waals surface area contributed by atoms with Crippen LogP contribution in [0.15, 0.2) is 0 Å². The van der Waals surface area contributed by atoms with Crippen LogP contribution in [0.25, 0.3) is 0 Å². The van der Waals surface area contributed by atoms with Gasteiger partial charge < -0.3 is 14.9 Å². The van der Waals surface area contributed by atoms with Crippen molar-refractivity contribution in [3.63, 3.8) is 0 Å². The van der Waals surface area contributed by atoms with Gasteiger partial charge in [0.15, 0.2) is 0 Å². The third kappa shape index (κ3) is 7.97. The van der Waals surface area contributed by atoms with Gasteiger partial charge in [0.1, 0.15) is 0 Å². The van der Waals surface area contributed by atoms with Gasteiger partial charge in [0.2, 0.25) is 0 Å². The second-order valence-corrected chi connectivity index (χ2v) is 3.01. The Kier molecular flexibility index (Phi) is 8.51. The number of aliphatic hydroxyl groups excluding tert-OH is 1. The van der Waals surface area contributed by atoms with Crippen LogP contribution in [0.4, 0.5) is 0 Å². The van der Waals surface area contributed by atoms with Gasteiger partial charge >= 0.3 is 5.97 Å². The van der Waals surface area contributed by atoms with E-state index in [1.165, 1.54) is 0 Å². The monoisotopic (exact) mass is 205 g/mol. The van der Waals surface area contributed by atoms with Crippen LogP contribution in [0.3, 0.4) is 0 Å². The third-order valence-corrected chi connectivity index (χ3v) is 1.69. The van der Waals surface area contributed by atoms with Crippen LogP contribution in [0, 0.1) is 0 Å². The van der Waals surface area contributed by atoms with E-state index >= 15 is 0 Å². The molecule has 0 rings (SSSR count). The van der Waals surface area contributed by atoms with E-state index in [-0.39, 0.29) is 13.2 Å². The minimum Gasteiger partial charge on any atom is -0.480 e. The molecule has 14 heavy (non-hydrogen) atoms. The molecular formula is C9H19NO4. The van der Waals surface area contributed by atoms with Gasteiger partial charge in [0, 0.05) is 6.54 Å². The van der Waals surface area contributed by atoms with Gasteiger partial charge in [0.25, 0.3) is 0 Å². The maximum Gasteiger partial charge on any atom is 0.317 e. The van der Waals surface area contributed by atoms with E-state index in [9.17, 15) is 4.79 Å². The second kappa shape index (κ2) is 8.93. The minimum atomic E-state index is -0.819. The predicted molar refractivity (Wildman–Crippen MR) is 52.3 cm³/mol. The Morgan fingerprint density at radius 2 is 2.07 bits per heavy atom. The first-order valence-corrected chi connectivity index (χ1v) is 4.83. The van der Waals surface area contributed by atoms with Crippen LogP contribution >= 0.6 is 0 Å². The first kappa shape index (κ1) is 13.4. The van der Waals surface area contributed by atoms with Crippen LogP contribution in [-0.4, -0.2) is 60.5 Å². The summed E-state index contributed by atoms with van der Waals surface area (Å²) in [6, 6.07) is 0. The lowest BCUT2D eigenvalue weighted by molar-refractivity contribution is -0.138. The lowest BCUT2D eigenvalue weighted by atomic mass is 10.4. The van der Waals surface area contributed by atoms with Gasteiger partial charge in [-0.1, -0.05) is 6.92 Å². The smallest absolute Gasteiger partial charge is 0.317 e. The number of carboxylic acids is 1. The fourth-order valence-corrected chi connectivity index (χ4v) is 1.14. The summed E-state index contributed by atoms with van der Waals surface area (Å²) in [4.78, 5) is 12.3. The molecule has 0 aromatic heterocycles. The molecule has 0 fully saturated rings. The molecule has 0 bridgehead atoms. The van der Waals surface area contributed by atoms with Gasteiger partial charge in [-0.05, 0) is 13.0 Å². The number of ether oxygens (including phenoxy) is 1. The van der Waals surface area contributed by atoms with Crippen molar-refractivity contribution in [2.75, 3.05) is 39.5 Å². The maximum atomic E-state index is 10.5. The van der Waals surface area contributed by atoms with Gasteiger partial charge in [-0.2, -0.15) is 0 Å². The summed E-state index contributed by atoms with van der Waals surface area (Å²) < 4.78 is 5.06. The number of hydrogen-bond acceptors (Lipinski definition) is 4. The van der Waals surface area contributed by atoms with E-state index in [4.69, 9.17) is 14.9 Å². The number of aliphatic carboxylic acids is 1. The molecule has 0 aromatic rings.